The van der Waals surface area contributed by atoms with E-state index in [-0.39, 0.29) is 5.91 Å². The van der Waals surface area contributed by atoms with E-state index in [4.69, 9.17) is 10.00 Å². The molecule has 0 radical (unpaired) electrons. The predicted molar refractivity (Wildman–Crippen MR) is 97.3 cm³/mol. The SMILES string of the molecule is CC(Oc1ccc(C#N)cc1)C(=O)Nc1cnc(-c2ccccc2)nc1. The van der Waals surface area contributed by atoms with Crippen molar-refractivity contribution in [3.05, 3.63) is 72.6 Å². The van der Waals surface area contributed by atoms with Crippen LogP contribution in [0.1, 0.15) is 12.5 Å². The van der Waals surface area contributed by atoms with Gasteiger partial charge in [0.15, 0.2) is 11.9 Å². The number of nitriles is 1. The molecule has 0 saturated carbocycles. The van der Waals surface area contributed by atoms with Gasteiger partial charge in [0.25, 0.3) is 5.91 Å². The van der Waals surface area contributed by atoms with E-state index in [2.05, 4.69) is 15.3 Å². The van der Waals surface area contributed by atoms with Crippen molar-refractivity contribution in [2.75, 3.05) is 5.32 Å². The van der Waals surface area contributed by atoms with Crippen molar-refractivity contribution in [3.8, 4) is 23.2 Å². The molecule has 1 aromatic heterocycles. The Morgan fingerprint density at radius 2 is 1.73 bits per heavy atom. The minimum absolute atomic E-state index is 0.314. The third-order valence-corrected chi connectivity index (χ3v) is 3.62. The lowest BCUT2D eigenvalue weighted by atomic mass is 10.2. The molecule has 0 aliphatic rings. The number of carbonyl (C=O) groups is 1. The second-order valence-electron chi connectivity index (χ2n) is 5.55. The van der Waals surface area contributed by atoms with Gasteiger partial charge in [-0.25, -0.2) is 9.97 Å². The van der Waals surface area contributed by atoms with Gasteiger partial charge in [0, 0.05) is 5.56 Å². The number of rotatable bonds is 5. The fourth-order valence-electron chi connectivity index (χ4n) is 2.24. The first-order valence-electron chi connectivity index (χ1n) is 8.01. The van der Waals surface area contributed by atoms with E-state index < -0.39 is 6.10 Å². The largest absolute Gasteiger partial charge is 0.481 e. The van der Waals surface area contributed by atoms with Crippen molar-refractivity contribution in [3.63, 3.8) is 0 Å². The Hall–Kier alpha value is -3.72. The molecule has 2 aromatic carbocycles. The van der Waals surface area contributed by atoms with E-state index in [1.54, 1.807) is 43.6 Å². The van der Waals surface area contributed by atoms with Crippen LogP contribution in [0.3, 0.4) is 0 Å². The molecule has 1 heterocycles. The van der Waals surface area contributed by atoms with Crippen molar-refractivity contribution >= 4 is 11.6 Å². The highest BCUT2D eigenvalue weighted by molar-refractivity contribution is 5.93. The highest BCUT2D eigenvalue weighted by atomic mass is 16.5. The van der Waals surface area contributed by atoms with Crippen LogP contribution in [0.2, 0.25) is 0 Å². The van der Waals surface area contributed by atoms with Gasteiger partial charge < -0.3 is 10.1 Å². The van der Waals surface area contributed by atoms with Crippen molar-refractivity contribution in [2.45, 2.75) is 13.0 Å². The second kappa shape index (κ2) is 7.90. The number of amides is 1. The Morgan fingerprint density at radius 3 is 2.35 bits per heavy atom. The van der Waals surface area contributed by atoms with Crippen LogP contribution in [0.5, 0.6) is 5.75 Å². The van der Waals surface area contributed by atoms with Crippen LogP contribution in [0.25, 0.3) is 11.4 Å². The molecule has 6 nitrogen and oxygen atoms in total. The lowest BCUT2D eigenvalue weighted by molar-refractivity contribution is -0.122. The molecule has 0 aliphatic heterocycles. The van der Waals surface area contributed by atoms with Gasteiger partial charge in [-0.15, -0.1) is 0 Å². The zero-order valence-corrected chi connectivity index (χ0v) is 14.1. The number of aromatic nitrogens is 2. The third-order valence-electron chi connectivity index (χ3n) is 3.62. The molecule has 1 amide bonds. The lowest BCUT2D eigenvalue weighted by Crippen LogP contribution is -2.30. The molecule has 3 aromatic rings. The topological polar surface area (TPSA) is 87.9 Å². The number of carbonyl (C=O) groups excluding carboxylic acids is 1. The average Bonchev–Trinajstić information content (AvgIpc) is 2.70. The standard InChI is InChI=1S/C20H16N4O2/c1-14(26-18-9-7-15(11-21)8-10-18)20(25)24-17-12-22-19(23-13-17)16-5-3-2-4-6-16/h2-10,12-14H,1H3,(H,24,25). The highest BCUT2D eigenvalue weighted by Crippen LogP contribution is 2.16. The zero-order valence-electron chi connectivity index (χ0n) is 14.1. The predicted octanol–water partition coefficient (Wildman–Crippen LogP) is 3.42. The van der Waals surface area contributed by atoms with Crippen LogP contribution in [0, 0.1) is 11.3 Å². The molecule has 0 fully saturated rings. The van der Waals surface area contributed by atoms with Gasteiger partial charge in [-0.05, 0) is 31.2 Å². The molecule has 1 atom stereocenters. The fraction of sp³-hybridized carbons (Fsp3) is 0.100. The molecule has 128 valence electrons. The van der Waals surface area contributed by atoms with Gasteiger partial charge in [0.2, 0.25) is 0 Å². The second-order valence-corrected chi connectivity index (χ2v) is 5.55. The maximum Gasteiger partial charge on any atom is 0.265 e. The summed E-state index contributed by atoms with van der Waals surface area (Å²) in [5.41, 5.74) is 1.93. The molecule has 6 heteroatoms. The Kier molecular flexibility index (Phi) is 5.20. The van der Waals surface area contributed by atoms with Gasteiger partial charge in [-0.2, -0.15) is 5.26 Å². The summed E-state index contributed by atoms with van der Waals surface area (Å²) in [5.74, 6) is 0.790. The van der Waals surface area contributed by atoms with Crippen LogP contribution in [-0.4, -0.2) is 22.0 Å². The molecule has 1 unspecified atom stereocenters. The van der Waals surface area contributed by atoms with Crippen molar-refractivity contribution in [2.24, 2.45) is 0 Å². The van der Waals surface area contributed by atoms with E-state index in [0.29, 0.717) is 22.8 Å². The Labute approximate surface area is 151 Å². The summed E-state index contributed by atoms with van der Waals surface area (Å²) in [6.45, 7) is 1.65. The Bertz CT molecular complexity index is 917. The minimum Gasteiger partial charge on any atom is -0.481 e. The first kappa shape index (κ1) is 17.1. The quantitative estimate of drug-likeness (QED) is 0.766. The average molecular weight is 344 g/mol. The molecule has 3 rings (SSSR count). The summed E-state index contributed by atoms with van der Waals surface area (Å²) in [7, 11) is 0. The monoisotopic (exact) mass is 344 g/mol. The molecule has 0 saturated heterocycles. The van der Waals surface area contributed by atoms with Gasteiger partial charge in [0.1, 0.15) is 5.75 Å². The van der Waals surface area contributed by atoms with Crippen LogP contribution < -0.4 is 10.1 Å². The summed E-state index contributed by atoms with van der Waals surface area (Å²) in [6.07, 6.45) is 2.40. The number of benzene rings is 2. The van der Waals surface area contributed by atoms with E-state index >= 15 is 0 Å². The normalized spacial score (nSPS) is 11.2. The van der Waals surface area contributed by atoms with Crippen molar-refractivity contribution in [1.82, 2.24) is 9.97 Å². The molecular weight excluding hydrogens is 328 g/mol. The summed E-state index contributed by atoms with van der Waals surface area (Å²) in [6, 6.07) is 18.2. The molecular formula is C20H16N4O2. The number of anilines is 1. The highest BCUT2D eigenvalue weighted by Gasteiger charge is 2.15. The fourth-order valence-corrected chi connectivity index (χ4v) is 2.24. The zero-order chi connectivity index (χ0) is 18.4. The van der Waals surface area contributed by atoms with Crippen molar-refractivity contribution in [1.29, 1.82) is 5.26 Å². The Morgan fingerprint density at radius 1 is 1.08 bits per heavy atom. The molecule has 26 heavy (non-hydrogen) atoms. The smallest absolute Gasteiger partial charge is 0.265 e. The number of nitrogens with zero attached hydrogens (tertiary/aromatic N) is 3. The molecule has 0 spiro atoms. The number of ether oxygens (including phenoxy) is 1. The maximum absolute atomic E-state index is 12.3. The van der Waals surface area contributed by atoms with Gasteiger partial charge in [0.05, 0.1) is 29.7 Å². The van der Waals surface area contributed by atoms with Gasteiger partial charge >= 0.3 is 0 Å². The lowest BCUT2D eigenvalue weighted by Gasteiger charge is -2.14. The van der Waals surface area contributed by atoms with Crippen LogP contribution in [0.15, 0.2) is 67.0 Å². The maximum atomic E-state index is 12.3. The molecule has 1 N–H and O–H groups in total. The van der Waals surface area contributed by atoms with E-state index in [9.17, 15) is 4.79 Å². The molecule has 0 aliphatic carbocycles. The van der Waals surface area contributed by atoms with Gasteiger partial charge in [-0.3, -0.25) is 4.79 Å². The third kappa shape index (κ3) is 4.22. The van der Waals surface area contributed by atoms with Crippen molar-refractivity contribution < 1.29 is 9.53 Å². The van der Waals surface area contributed by atoms with Crippen LogP contribution >= 0.6 is 0 Å². The summed E-state index contributed by atoms with van der Waals surface area (Å²) < 4.78 is 5.58. The first-order valence-corrected chi connectivity index (χ1v) is 8.01. The van der Waals surface area contributed by atoms with Crippen LogP contribution in [0.4, 0.5) is 5.69 Å². The molecule has 0 bridgehead atoms. The summed E-state index contributed by atoms with van der Waals surface area (Å²) in [4.78, 5) is 20.8. The van der Waals surface area contributed by atoms with Crippen LogP contribution in [-0.2, 0) is 4.79 Å². The summed E-state index contributed by atoms with van der Waals surface area (Å²) in [5, 5.41) is 11.5. The van der Waals surface area contributed by atoms with E-state index in [1.807, 2.05) is 36.4 Å². The number of hydrogen-bond acceptors (Lipinski definition) is 5. The van der Waals surface area contributed by atoms with E-state index in [1.165, 1.54) is 0 Å². The number of nitrogens with one attached hydrogen (secondary N) is 1. The Balaban J connectivity index is 1.61. The van der Waals surface area contributed by atoms with Gasteiger partial charge in [-0.1, -0.05) is 30.3 Å². The number of hydrogen-bond donors (Lipinski definition) is 1. The van der Waals surface area contributed by atoms with E-state index in [0.717, 1.165) is 5.56 Å². The summed E-state index contributed by atoms with van der Waals surface area (Å²) >= 11 is 0. The first-order chi connectivity index (χ1) is 12.7. The minimum atomic E-state index is -0.711.